The summed E-state index contributed by atoms with van der Waals surface area (Å²) in [6.07, 6.45) is 0. The first-order valence-electron chi connectivity index (χ1n) is 3.80. The van der Waals surface area contributed by atoms with Crippen LogP contribution >= 0.6 is 11.8 Å². The molecule has 68 valence electrons. The van der Waals surface area contributed by atoms with Gasteiger partial charge in [-0.15, -0.1) is 11.8 Å². The molecular weight excluding hydrogens is 176 g/mol. The molecule has 3 amide bonds. The summed E-state index contributed by atoms with van der Waals surface area (Å²) in [6, 6.07) is -0.180. The van der Waals surface area contributed by atoms with Gasteiger partial charge in [-0.25, -0.2) is 4.79 Å². The van der Waals surface area contributed by atoms with E-state index < -0.39 is 0 Å². The number of hydrogen-bond donors (Lipinski definition) is 0. The van der Waals surface area contributed by atoms with Crippen LogP contribution in [-0.2, 0) is 4.79 Å². The van der Waals surface area contributed by atoms with Crippen molar-refractivity contribution in [2.24, 2.45) is 0 Å². The topological polar surface area (TPSA) is 40.6 Å². The van der Waals surface area contributed by atoms with Crippen molar-refractivity contribution in [3.05, 3.63) is 0 Å². The standard InChI is InChI=1S/C7H12N2O2S/c1-3-12-5-9-6(10)4-8(2)7(9)11/h3-5H2,1-2H3. The molecule has 0 spiro atoms. The van der Waals surface area contributed by atoms with Gasteiger partial charge in [0.15, 0.2) is 0 Å². The minimum Gasteiger partial charge on any atom is -0.318 e. The molecule has 4 nitrogen and oxygen atoms in total. The Labute approximate surface area is 75.9 Å². The number of rotatable bonds is 3. The van der Waals surface area contributed by atoms with Crippen molar-refractivity contribution in [3.63, 3.8) is 0 Å². The molecule has 0 atom stereocenters. The number of likely N-dealkylation sites (N-methyl/N-ethyl adjacent to an activating group) is 1. The Morgan fingerprint density at radius 3 is 2.58 bits per heavy atom. The summed E-state index contributed by atoms with van der Waals surface area (Å²) >= 11 is 1.57. The molecule has 0 aromatic carbocycles. The zero-order valence-corrected chi connectivity index (χ0v) is 8.06. The molecule has 0 bridgehead atoms. The average molecular weight is 188 g/mol. The number of carbonyl (C=O) groups excluding carboxylic acids is 2. The fourth-order valence-corrected chi connectivity index (χ4v) is 1.60. The maximum absolute atomic E-state index is 11.2. The molecule has 0 saturated carbocycles. The van der Waals surface area contributed by atoms with Crippen LogP contribution in [0.15, 0.2) is 0 Å². The third-order valence-corrected chi connectivity index (χ3v) is 2.50. The van der Waals surface area contributed by atoms with Crippen molar-refractivity contribution < 1.29 is 9.59 Å². The van der Waals surface area contributed by atoms with Gasteiger partial charge in [-0.3, -0.25) is 9.69 Å². The second-order valence-electron chi connectivity index (χ2n) is 2.58. The summed E-state index contributed by atoms with van der Waals surface area (Å²) in [5.74, 6) is 1.31. The highest BCUT2D eigenvalue weighted by atomic mass is 32.2. The van der Waals surface area contributed by atoms with E-state index in [-0.39, 0.29) is 18.5 Å². The lowest BCUT2D eigenvalue weighted by atomic mass is 10.6. The zero-order chi connectivity index (χ0) is 9.14. The Bertz CT molecular complexity index is 208. The van der Waals surface area contributed by atoms with E-state index in [0.717, 1.165) is 5.75 Å². The Balaban J connectivity index is 2.52. The maximum atomic E-state index is 11.2. The molecule has 1 aliphatic rings. The van der Waals surface area contributed by atoms with E-state index in [1.807, 2.05) is 6.92 Å². The quantitative estimate of drug-likeness (QED) is 0.609. The lowest BCUT2D eigenvalue weighted by Gasteiger charge is -2.12. The van der Waals surface area contributed by atoms with Crippen LogP contribution in [0.5, 0.6) is 0 Å². The summed E-state index contributed by atoms with van der Waals surface area (Å²) < 4.78 is 0. The molecule has 0 aromatic heterocycles. The fourth-order valence-electron chi connectivity index (χ4n) is 0.978. The molecule has 12 heavy (non-hydrogen) atoms. The Kier molecular flexibility index (Phi) is 2.97. The third kappa shape index (κ3) is 1.72. The van der Waals surface area contributed by atoms with Gasteiger partial charge in [-0.1, -0.05) is 6.92 Å². The molecule has 0 N–H and O–H groups in total. The van der Waals surface area contributed by atoms with Gasteiger partial charge < -0.3 is 4.90 Å². The van der Waals surface area contributed by atoms with Crippen molar-refractivity contribution in [1.82, 2.24) is 9.80 Å². The van der Waals surface area contributed by atoms with E-state index in [4.69, 9.17) is 0 Å². The highest BCUT2D eigenvalue weighted by Crippen LogP contribution is 2.12. The second-order valence-corrected chi connectivity index (χ2v) is 3.83. The first-order valence-corrected chi connectivity index (χ1v) is 4.95. The van der Waals surface area contributed by atoms with Gasteiger partial charge in [0.1, 0.15) is 6.54 Å². The number of nitrogens with zero attached hydrogens (tertiary/aromatic N) is 2. The molecular formula is C7H12N2O2S. The number of carbonyl (C=O) groups is 2. The van der Waals surface area contributed by atoms with Crippen LogP contribution in [-0.4, -0.2) is 47.0 Å². The molecule has 0 aromatic rings. The van der Waals surface area contributed by atoms with E-state index in [1.54, 1.807) is 18.8 Å². The minimum absolute atomic E-state index is 0.0940. The highest BCUT2D eigenvalue weighted by Gasteiger charge is 2.32. The van der Waals surface area contributed by atoms with Gasteiger partial charge in [0, 0.05) is 7.05 Å². The number of thioether (sulfide) groups is 1. The van der Waals surface area contributed by atoms with Gasteiger partial charge in [0.25, 0.3) is 5.91 Å². The Hall–Kier alpha value is -0.710. The first-order chi connectivity index (χ1) is 5.66. The number of amides is 3. The SMILES string of the molecule is CCSCN1C(=O)CN(C)C1=O. The van der Waals surface area contributed by atoms with Crippen LogP contribution in [0.3, 0.4) is 0 Å². The van der Waals surface area contributed by atoms with E-state index in [1.165, 1.54) is 9.80 Å². The second kappa shape index (κ2) is 3.80. The average Bonchev–Trinajstić information content (AvgIpc) is 2.25. The minimum atomic E-state index is -0.180. The van der Waals surface area contributed by atoms with Crippen molar-refractivity contribution in [2.45, 2.75) is 6.92 Å². The molecule has 0 radical (unpaired) electrons. The van der Waals surface area contributed by atoms with Crippen molar-refractivity contribution in [1.29, 1.82) is 0 Å². The van der Waals surface area contributed by atoms with Crippen LogP contribution < -0.4 is 0 Å². The molecule has 1 fully saturated rings. The number of hydrogen-bond acceptors (Lipinski definition) is 3. The Morgan fingerprint density at radius 2 is 2.17 bits per heavy atom. The van der Waals surface area contributed by atoms with Crippen molar-refractivity contribution in [2.75, 3.05) is 25.2 Å². The molecule has 0 aliphatic carbocycles. The third-order valence-electron chi connectivity index (χ3n) is 1.66. The highest BCUT2D eigenvalue weighted by molar-refractivity contribution is 7.99. The van der Waals surface area contributed by atoms with Gasteiger partial charge in [0.2, 0.25) is 0 Å². The molecule has 1 saturated heterocycles. The number of urea groups is 1. The lowest BCUT2D eigenvalue weighted by molar-refractivity contribution is -0.124. The van der Waals surface area contributed by atoms with Crippen LogP contribution in [0.1, 0.15) is 6.92 Å². The van der Waals surface area contributed by atoms with Crippen LogP contribution in [0, 0.1) is 0 Å². The van der Waals surface area contributed by atoms with E-state index in [0.29, 0.717) is 5.88 Å². The fraction of sp³-hybridized carbons (Fsp3) is 0.714. The molecule has 1 aliphatic heterocycles. The largest absolute Gasteiger partial charge is 0.327 e. The van der Waals surface area contributed by atoms with Gasteiger partial charge in [0.05, 0.1) is 5.88 Å². The molecule has 0 unspecified atom stereocenters. The van der Waals surface area contributed by atoms with Gasteiger partial charge in [-0.05, 0) is 5.75 Å². The summed E-state index contributed by atoms with van der Waals surface area (Å²) in [5, 5.41) is 0. The van der Waals surface area contributed by atoms with Gasteiger partial charge in [-0.2, -0.15) is 0 Å². The van der Waals surface area contributed by atoms with E-state index >= 15 is 0 Å². The predicted molar refractivity (Wildman–Crippen MR) is 47.9 cm³/mol. The monoisotopic (exact) mass is 188 g/mol. The van der Waals surface area contributed by atoms with Crippen LogP contribution in [0.4, 0.5) is 4.79 Å². The van der Waals surface area contributed by atoms with Crippen LogP contribution in [0.2, 0.25) is 0 Å². The van der Waals surface area contributed by atoms with E-state index in [2.05, 4.69) is 0 Å². The predicted octanol–water partition coefficient (Wildman–Crippen LogP) is 0.591. The zero-order valence-electron chi connectivity index (χ0n) is 7.24. The smallest absolute Gasteiger partial charge is 0.318 e. The Morgan fingerprint density at radius 1 is 1.50 bits per heavy atom. The van der Waals surface area contributed by atoms with Crippen molar-refractivity contribution in [3.8, 4) is 0 Å². The number of imide groups is 1. The maximum Gasteiger partial charge on any atom is 0.327 e. The van der Waals surface area contributed by atoms with Crippen LogP contribution in [0.25, 0.3) is 0 Å². The summed E-state index contributed by atoms with van der Waals surface area (Å²) in [5.41, 5.74) is 0. The summed E-state index contributed by atoms with van der Waals surface area (Å²) in [4.78, 5) is 25.1. The summed E-state index contributed by atoms with van der Waals surface area (Å²) in [7, 11) is 1.64. The van der Waals surface area contributed by atoms with Gasteiger partial charge >= 0.3 is 6.03 Å². The molecule has 5 heteroatoms. The summed E-state index contributed by atoms with van der Waals surface area (Å²) in [6.45, 7) is 2.22. The molecule has 1 heterocycles. The molecule has 1 rings (SSSR count). The normalized spacial score (nSPS) is 17.8. The lowest BCUT2D eigenvalue weighted by Crippen LogP contribution is -2.31. The first kappa shape index (κ1) is 9.38. The van der Waals surface area contributed by atoms with Crippen molar-refractivity contribution >= 4 is 23.7 Å². The van der Waals surface area contributed by atoms with E-state index in [9.17, 15) is 9.59 Å².